The lowest BCUT2D eigenvalue weighted by molar-refractivity contribution is 0.238. The molecule has 34 heavy (non-hydrogen) atoms. The largest absolute Gasteiger partial charge is 0.364 e. The van der Waals surface area contributed by atoms with Gasteiger partial charge in [0, 0.05) is 46.8 Å². The Morgan fingerprint density at radius 2 is 1.65 bits per heavy atom. The van der Waals surface area contributed by atoms with Gasteiger partial charge in [-0.15, -0.1) is 0 Å². The number of aromatic amines is 1. The zero-order chi connectivity index (χ0) is 23.1. The highest BCUT2D eigenvalue weighted by Crippen LogP contribution is 2.37. The summed E-state index contributed by atoms with van der Waals surface area (Å²) in [6, 6.07) is 6.74. The fourth-order valence-corrected chi connectivity index (χ4v) is 6.12. The molecule has 0 unspecified atom stereocenters. The first-order valence-electron chi connectivity index (χ1n) is 13.0. The van der Waals surface area contributed by atoms with E-state index in [2.05, 4.69) is 88.3 Å². The van der Waals surface area contributed by atoms with Crippen LogP contribution in [0, 0.1) is 5.92 Å². The first-order valence-corrected chi connectivity index (χ1v) is 13.0. The van der Waals surface area contributed by atoms with Crippen LogP contribution in [0.5, 0.6) is 0 Å². The predicted octanol–water partition coefficient (Wildman–Crippen LogP) is 5.32. The van der Waals surface area contributed by atoms with E-state index < -0.39 is 0 Å². The van der Waals surface area contributed by atoms with E-state index in [1.165, 1.54) is 85.2 Å². The maximum atomic E-state index is 3.70. The number of nitrogens with zero attached hydrogens (tertiary/aromatic N) is 2. The van der Waals surface area contributed by atoms with Crippen LogP contribution in [-0.2, 0) is 0 Å². The van der Waals surface area contributed by atoms with Gasteiger partial charge in [0.05, 0.1) is 0 Å². The number of nitrogens with one attached hydrogen (secondary N) is 3. The molecule has 6 rings (SSSR count). The molecule has 3 N–H and O–H groups in total. The van der Waals surface area contributed by atoms with Crippen molar-refractivity contribution in [2.75, 3.05) is 45.6 Å². The molecular weight excluding hydrogens is 418 g/mol. The maximum Gasteiger partial charge on any atom is 0.0458 e. The lowest BCUT2D eigenvalue weighted by Gasteiger charge is -2.33. The van der Waals surface area contributed by atoms with Crippen molar-refractivity contribution in [1.29, 1.82) is 0 Å². The summed E-state index contributed by atoms with van der Waals surface area (Å²) in [7, 11) is 4.46. The normalized spacial score (nSPS) is 23.0. The van der Waals surface area contributed by atoms with E-state index in [0.29, 0.717) is 11.8 Å². The third-order valence-corrected chi connectivity index (χ3v) is 8.28. The first-order chi connectivity index (χ1) is 16.6. The Bertz CT molecular complexity index is 1180. The fraction of sp³-hybridized carbons (Fsp3) is 0.448. The molecule has 1 aromatic heterocycles. The van der Waals surface area contributed by atoms with E-state index in [-0.39, 0.29) is 0 Å². The number of fused-ring (bicyclic) bond motifs is 3. The summed E-state index contributed by atoms with van der Waals surface area (Å²) in [6.07, 6.45) is 17.4. The summed E-state index contributed by atoms with van der Waals surface area (Å²) in [5.41, 5.74) is 9.27. The smallest absolute Gasteiger partial charge is 0.0458 e. The molecule has 0 saturated carbocycles. The fourth-order valence-electron chi connectivity index (χ4n) is 6.12. The number of hydrogen-bond acceptors (Lipinski definition) is 4. The lowest BCUT2D eigenvalue weighted by atomic mass is 9.83. The molecule has 4 heterocycles. The van der Waals surface area contributed by atoms with Crippen LogP contribution in [0.25, 0.3) is 10.9 Å². The van der Waals surface area contributed by atoms with Crippen LogP contribution < -0.4 is 10.6 Å². The summed E-state index contributed by atoms with van der Waals surface area (Å²) in [4.78, 5) is 8.40. The van der Waals surface area contributed by atoms with Crippen molar-refractivity contribution in [3.63, 3.8) is 0 Å². The SMILES string of the molecule is CN1CCC(C2=CNC3=CC(Nc4ccc5[nH]cc(C6CCN(C)CC6)c5c4)=CC=C2C3)CC1. The molecule has 5 nitrogen and oxygen atoms in total. The minimum Gasteiger partial charge on any atom is -0.364 e. The van der Waals surface area contributed by atoms with Gasteiger partial charge in [-0.1, -0.05) is 6.08 Å². The van der Waals surface area contributed by atoms with Crippen molar-refractivity contribution >= 4 is 16.6 Å². The Labute approximate surface area is 203 Å². The molecule has 0 radical (unpaired) electrons. The Morgan fingerprint density at radius 1 is 0.912 bits per heavy atom. The van der Waals surface area contributed by atoms with Gasteiger partial charge in [-0.2, -0.15) is 0 Å². The highest BCUT2D eigenvalue weighted by atomic mass is 15.1. The standard InChI is InChI=1S/C29H37N5/c1-33-11-7-20(8-12-33)27-18-30-25-15-22(27)3-4-23(16-25)32-24-5-6-29-26(17-24)28(19-31-29)21-9-13-34(2)14-10-21/h3-6,16-21,30-32H,7-15H2,1-2H3. The molecule has 5 heteroatoms. The van der Waals surface area contributed by atoms with Crippen molar-refractivity contribution in [2.45, 2.75) is 38.0 Å². The second-order valence-corrected chi connectivity index (χ2v) is 10.7. The summed E-state index contributed by atoms with van der Waals surface area (Å²) < 4.78 is 0. The Balaban J connectivity index is 1.22. The Kier molecular flexibility index (Phi) is 5.84. The van der Waals surface area contributed by atoms with Gasteiger partial charge in [0.1, 0.15) is 0 Å². The van der Waals surface area contributed by atoms with Gasteiger partial charge in [-0.3, -0.25) is 0 Å². The minimum absolute atomic E-state index is 0.650. The van der Waals surface area contributed by atoms with Crippen LogP contribution in [0.1, 0.15) is 43.6 Å². The molecule has 2 fully saturated rings. The van der Waals surface area contributed by atoms with Crippen molar-refractivity contribution in [2.24, 2.45) is 5.92 Å². The van der Waals surface area contributed by atoms with E-state index >= 15 is 0 Å². The highest BCUT2D eigenvalue weighted by Gasteiger charge is 2.26. The summed E-state index contributed by atoms with van der Waals surface area (Å²) in [6.45, 7) is 4.76. The average molecular weight is 456 g/mol. The molecule has 4 aliphatic rings. The summed E-state index contributed by atoms with van der Waals surface area (Å²) >= 11 is 0. The molecule has 1 aromatic carbocycles. The number of aromatic nitrogens is 1. The number of piperidine rings is 2. The zero-order valence-corrected chi connectivity index (χ0v) is 20.5. The molecule has 2 aromatic rings. The molecule has 178 valence electrons. The molecule has 3 aliphatic heterocycles. The van der Waals surface area contributed by atoms with Gasteiger partial charge in [0.15, 0.2) is 0 Å². The van der Waals surface area contributed by atoms with Crippen LogP contribution in [0.4, 0.5) is 5.69 Å². The lowest BCUT2D eigenvalue weighted by Crippen LogP contribution is -2.32. The van der Waals surface area contributed by atoms with Gasteiger partial charge in [-0.25, -0.2) is 0 Å². The molecule has 0 spiro atoms. The number of benzene rings is 1. The molecule has 2 bridgehead atoms. The van der Waals surface area contributed by atoms with Crippen LogP contribution >= 0.6 is 0 Å². The maximum absolute atomic E-state index is 3.70. The van der Waals surface area contributed by atoms with E-state index in [9.17, 15) is 0 Å². The van der Waals surface area contributed by atoms with Gasteiger partial charge >= 0.3 is 0 Å². The van der Waals surface area contributed by atoms with Gasteiger partial charge in [0.25, 0.3) is 0 Å². The van der Waals surface area contributed by atoms with E-state index in [1.807, 2.05) is 0 Å². The number of H-pyrrole nitrogens is 1. The summed E-state index contributed by atoms with van der Waals surface area (Å²) in [5, 5.41) is 8.67. The Hall–Kier alpha value is -2.76. The minimum atomic E-state index is 0.650. The molecule has 1 aliphatic carbocycles. The van der Waals surface area contributed by atoms with E-state index in [1.54, 1.807) is 0 Å². The van der Waals surface area contributed by atoms with Crippen molar-refractivity contribution in [1.82, 2.24) is 20.1 Å². The van der Waals surface area contributed by atoms with Crippen LogP contribution in [0.3, 0.4) is 0 Å². The number of anilines is 1. The molecule has 0 atom stereocenters. The third kappa shape index (κ3) is 4.35. The monoisotopic (exact) mass is 455 g/mol. The highest BCUT2D eigenvalue weighted by molar-refractivity contribution is 5.87. The summed E-state index contributed by atoms with van der Waals surface area (Å²) in [5.74, 6) is 1.32. The third-order valence-electron chi connectivity index (χ3n) is 8.28. The average Bonchev–Trinajstić information content (AvgIpc) is 3.20. The zero-order valence-electron chi connectivity index (χ0n) is 20.5. The second kappa shape index (κ2) is 9.12. The van der Waals surface area contributed by atoms with Crippen molar-refractivity contribution in [3.05, 3.63) is 76.9 Å². The number of hydrogen-bond donors (Lipinski definition) is 3. The molecular formula is C29H37N5. The van der Waals surface area contributed by atoms with Crippen LogP contribution in [0.2, 0.25) is 0 Å². The first kappa shape index (κ1) is 21.8. The topological polar surface area (TPSA) is 46.3 Å². The van der Waals surface area contributed by atoms with Gasteiger partial charge in [0.2, 0.25) is 0 Å². The number of allylic oxidation sites excluding steroid dienone is 5. The van der Waals surface area contributed by atoms with Crippen LogP contribution in [-0.4, -0.2) is 55.1 Å². The number of likely N-dealkylation sites (tertiary alicyclic amines) is 2. The van der Waals surface area contributed by atoms with Crippen LogP contribution in [0.15, 0.2) is 71.4 Å². The van der Waals surface area contributed by atoms with E-state index in [0.717, 1.165) is 17.8 Å². The van der Waals surface area contributed by atoms with Gasteiger partial charge in [-0.05, 0) is 125 Å². The predicted molar refractivity (Wildman–Crippen MR) is 142 cm³/mol. The molecule has 0 amide bonds. The second-order valence-electron chi connectivity index (χ2n) is 10.7. The van der Waals surface area contributed by atoms with Crippen molar-refractivity contribution < 1.29 is 0 Å². The van der Waals surface area contributed by atoms with Crippen molar-refractivity contribution in [3.8, 4) is 0 Å². The molecule has 2 saturated heterocycles. The quantitative estimate of drug-likeness (QED) is 0.584. The van der Waals surface area contributed by atoms with Gasteiger partial charge < -0.3 is 25.4 Å². The Morgan fingerprint density at radius 3 is 2.41 bits per heavy atom. The number of rotatable bonds is 4. The van der Waals surface area contributed by atoms with E-state index in [4.69, 9.17) is 0 Å².